The van der Waals surface area contributed by atoms with Crippen LogP contribution in [-0.2, 0) is 6.42 Å². The van der Waals surface area contributed by atoms with Crippen LogP contribution in [0.15, 0.2) is 42.7 Å². The molecule has 0 fully saturated rings. The number of imidazole rings is 1. The highest BCUT2D eigenvalue weighted by Gasteiger charge is 2.14. The van der Waals surface area contributed by atoms with Crippen molar-refractivity contribution in [3.8, 4) is 0 Å². The summed E-state index contributed by atoms with van der Waals surface area (Å²) in [6.45, 7) is 10.5. The van der Waals surface area contributed by atoms with Crippen molar-refractivity contribution in [2.75, 3.05) is 0 Å². The number of hydrogen-bond donors (Lipinski definition) is 1. The highest BCUT2D eigenvalue weighted by atomic mass is 14.9. The van der Waals surface area contributed by atoms with Crippen molar-refractivity contribution in [3.63, 3.8) is 0 Å². The predicted molar refractivity (Wildman–Crippen MR) is 91.2 cm³/mol. The van der Waals surface area contributed by atoms with E-state index in [4.69, 9.17) is 0 Å². The number of nitrogens with one attached hydrogen (secondary N) is 1. The number of aryl methyl sites for hydroxylation is 1. The molecule has 2 nitrogen and oxygen atoms in total. The SMILES string of the molecule is C=Cc1ccccc1/C=C(\C)C(C)c1nc[nH]c1CCC. The second-order valence-corrected chi connectivity index (χ2v) is 5.46. The summed E-state index contributed by atoms with van der Waals surface area (Å²) >= 11 is 0. The lowest BCUT2D eigenvalue weighted by Gasteiger charge is -2.13. The summed E-state index contributed by atoms with van der Waals surface area (Å²) in [5.74, 6) is 0.315. The fourth-order valence-electron chi connectivity index (χ4n) is 2.57. The highest BCUT2D eigenvalue weighted by molar-refractivity contribution is 5.66. The molecular formula is C19H24N2. The maximum absolute atomic E-state index is 4.52. The molecule has 0 amide bonds. The van der Waals surface area contributed by atoms with Crippen LogP contribution in [0.25, 0.3) is 12.2 Å². The summed E-state index contributed by atoms with van der Waals surface area (Å²) in [4.78, 5) is 7.80. The van der Waals surface area contributed by atoms with E-state index >= 15 is 0 Å². The minimum Gasteiger partial charge on any atom is -0.348 e. The first-order valence-corrected chi connectivity index (χ1v) is 7.59. The normalized spacial score (nSPS) is 13.2. The van der Waals surface area contributed by atoms with Gasteiger partial charge in [-0.3, -0.25) is 0 Å². The Bertz CT molecular complexity index is 635. The van der Waals surface area contributed by atoms with Crippen LogP contribution in [-0.4, -0.2) is 9.97 Å². The van der Waals surface area contributed by atoms with Gasteiger partial charge >= 0.3 is 0 Å². The van der Waals surface area contributed by atoms with Gasteiger partial charge in [-0.2, -0.15) is 0 Å². The van der Waals surface area contributed by atoms with Gasteiger partial charge in [0.2, 0.25) is 0 Å². The molecule has 0 radical (unpaired) electrons. The van der Waals surface area contributed by atoms with Gasteiger partial charge in [0.05, 0.1) is 12.0 Å². The zero-order chi connectivity index (χ0) is 15.2. The van der Waals surface area contributed by atoms with E-state index in [0.29, 0.717) is 5.92 Å². The van der Waals surface area contributed by atoms with E-state index in [0.717, 1.165) is 12.8 Å². The number of H-pyrrole nitrogens is 1. The van der Waals surface area contributed by atoms with E-state index in [1.54, 1.807) is 0 Å². The third-order valence-corrected chi connectivity index (χ3v) is 3.94. The van der Waals surface area contributed by atoms with Crippen molar-refractivity contribution < 1.29 is 0 Å². The number of allylic oxidation sites excluding steroid dienone is 1. The van der Waals surface area contributed by atoms with Crippen molar-refractivity contribution in [2.45, 2.75) is 39.5 Å². The second-order valence-electron chi connectivity index (χ2n) is 5.46. The molecule has 21 heavy (non-hydrogen) atoms. The van der Waals surface area contributed by atoms with E-state index in [9.17, 15) is 0 Å². The fraction of sp³-hybridized carbons (Fsp3) is 0.316. The van der Waals surface area contributed by atoms with E-state index in [1.807, 2.05) is 18.5 Å². The van der Waals surface area contributed by atoms with Crippen LogP contribution in [0.3, 0.4) is 0 Å². The van der Waals surface area contributed by atoms with Gasteiger partial charge in [0.1, 0.15) is 0 Å². The molecule has 1 unspecified atom stereocenters. The average molecular weight is 280 g/mol. The molecule has 0 aliphatic heterocycles. The number of rotatable bonds is 6. The van der Waals surface area contributed by atoms with E-state index in [2.05, 4.69) is 61.6 Å². The Labute approximate surface area is 127 Å². The zero-order valence-electron chi connectivity index (χ0n) is 13.2. The van der Waals surface area contributed by atoms with Crippen LogP contribution in [0.4, 0.5) is 0 Å². The Hall–Kier alpha value is -2.09. The molecule has 1 aromatic carbocycles. The largest absolute Gasteiger partial charge is 0.348 e. The zero-order valence-corrected chi connectivity index (χ0v) is 13.2. The Morgan fingerprint density at radius 2 is 2.05 bits per heavy atom. The van der Waals surface area contributed by atoms with Gasteiger partial charge in [0.25, 0.3) is 0 Å². The first kappa shape index (κ1) is 15.3. The molecule has 2 rings (SSSR count). The van der Waals surface area contributed by atoms with Crippen LogP contribution in [0, 0.1) is 0 Å². The van der Waals surface area contributed by atoms with Crippen molar-refractivity contribution in [1.29, 1.82) is 0 Å². The number of nitrogens with zero attached hydrogens (tertiary/aromatic N) is 1. The Morgan fingerprint density at radius 1 is 1.33 bits per heavy atom. The summed E-state index contributed by atoms with van der Waals surface area (Å²) in [5, 5.41) is 0. The first-order valence-electron chi connectivity index (χ1n) is 7.59. The van der Waals surface area contributed by atoms with Crippen LogP contribution < -0.4 is 0 Å². The summed E-state index contributed by atoms with van der Waals surface area (Å²) in [6.07, 6.45) is 8.13. The third kappa shape index (κ3) is 3.52. The first-order chi connectivity index (χ1) is 10.2. The van der Waals surface area contributed by atoms with Gasteiger partial charge < -0.3 is 4.98 Å². The van der Waals surface area contributed by atoms with Gasteiger partial charge in [-0.25, -0.2) is 4.98 Å². The molecule has 0 saturated heterocycles. The van der Waals surface area contributed by atoms with Gasteiger partial charge in [-0.1, -0.05) is 68.8 Å². The molecule has 0 saturated carbocycles. The Kier molecular flexibility index (Phi) is 5.15. The Morgan fingerprint density at radius 3 is 2.71 bits per heavy atom. The van der Waals surface area contributed by atoms with Gasteiger partial charge in [-0.15, -0.1) is 0 Å². The molecule has 1 aromatic heterocycles. The lowest BCUT2D eigenvalue weighted by molar-refractivity contribution is 0.811. The average Bonchev–Trinajstić information content (AvgIpc) is 2.95. The molecule has 0 aliphatic carbocycles. The molecule has 2 aromatic rings. The quantitative estimate of drug-likeness (QED) is 0.773. The van der Waals surface area contributed by atoms with Crippen LogP contribution in [0.1, 0.15) is 55.6 Å². The number of benzene rings is 1. The summed E-state index contributed by atoms with van der Waals surface area (Å²) < 4.78 is 0. The minimum absolute atomic E-state index is 0.315. The predicted octanol–water partition coefficient (Wildman–Crippen LogP) is 5.21. The maximum atomic E-state index is 4.52. The van der Waals surface area contributed by atoms with Crippen LogP contribution in [0.5, 0.6) is 0 Å². The molecule has 0 bridgehead atoms. The second kappa shape index (κ2) is 7.07. The molecular weight excluding hydrogens is 256 g/mol. The number of aromatic amines is 1. The van der Waals surface area contributed by atoms with E-state index < -0.39 is 0 Å². The van der Waals surface area contributed by atoms with Gasteiger partial charge in [0, 0.05) is 11.6 Å². The fourth-order valence-corrected chi connectivity index (χ4v) is 2.57. The van der Waals surface area contributed by atoms with Crippen molar-refractivity contribution in [3.05, 3.63) is 65.3 Å². The van der Waals surface area contributed by atoms with Crippen molar-refractivity contribution >= 4 is 12.2 Å². The highest BCUT2D eigenvalue weighted by Crippen LogP contribution is 2.27. The molecule has 2 heteroatoms. The molecule has 1 heterocycles. The monoisotopic (exact) mass is 280 g/mol. The minimum atomic E-state index is 0.315. The lowest BCUT2D eigenvalue weighted by atomic mass is 9.93. The lowest BCUT2D eigenvalue weighted by Crippen LogP contribution is -2.01. The smallest absolute Gasteiger partial charge is 0.0925 e. The summed E-state index contributed by atoms with van der Waals surface area (Å²) in [7, 11) is 0. The standard InChI is InChI=1S/C19H24N2/c1-5-9-18-19(21-13-20-18)15(4)14(3)12-17-11-8-7-10-16(17)6-2/h6-8,10-13,15H,2,5,9H2,1,3-4H3,(H,20,21)/b14-12+. The third-order valence-electron chi connectivity index (χ3n) is 3.94. The van der Waals surface area contributed by atoms with E-state index in [1.165, 1.54) is 28.1 Å². The molecule has 1 atom stereocenters. The van der Waals surface area contributed by atoms with Crippen molar-refractivity contribution in [2.24, 2.45) is 0 Å². The van der Waals surface area contributed by atoms with Gasteiger partial charge in [0.15, 0.2) is 0 Å². The molecule has 0 aliphatic rings. The van der Waals surface area contributed by atoms with Crippen LogP contribution >= 0.6 is 0 Å². The van der Waals surface area contributed by atoms with Crippen LogP contribution in [0.2, 0.25) is 0 Å². The summed E-state index contributed by atoms with van der Waals surface area (Å²) in [6, 6.07) is 8.33. The van der Waals surface area contributed by atoms with E-state index in [-0.39, 0.29) is 0 Å². The molecule has 1 N–H and O–H groups in total. The summed E-state index contributed by atoms with van der Waals surface area (Å²) in [5.41, 5.74) is 6.12. The maximum Gasteiger partial charge on any atom is 0.0925 e. The topological polar surface area (TPSA) is 28.7 Å². The number of aromatic nitrogens is 2. The van der Waals surface area contributed by atoms with Gasteiger partial charge in [-0.05, 0) is 24.5 Å². The Balaban J connectivity index is 2.29. The molecule has 0 spiro atoms. The molecule has 110 valence electrons. The number of hydrogen-bond acceptors (Lipinski definition) is 1. The van der Waals surface area contributed by atoms with Crippen molar-refractivity contribution in [1.82, 2.24) is 9.97 Å².